The molecule has 5 nitrogen and oxygen atoms in total. The molecule has 2 aliphatic rings. The molecule has 1 saturated heterocycles. The highest BCUT2D eigenvalue weighted by Gasteiger charge is 2.19. The van der Waals surface area contributed by atoms with E-state index in [1.54, 1.807) is 0 Å². The van der Waals surface area contributed by atoms with Crippen LogP contribution in [0.4, 0.5) is 0 Å². The van der Waals surface area contributed by atoms with Gasteiger partial charge in [-0.15, -0.1) is 0 Å². The van der Waals surface area contributed by atoms with Crippen LogP contribution < -0.4 is 5.73 Å². The molecule has 114 valence electrons. The maximum Gasteiger partial charge on any atom is 0.157 e. The Morgan fingerprint density at radius 3 is 2.32 bits per heavy atom. The van der Waals surface area contributed by atoms with Crippen LogP contribution in [0.3, 0.4) is 0 Å². The van der Waals surface area contributed by atoms with Gasteiger partial charge in [-0.2, -0.15) is 0 Å². The molecule has 0 aromatic rings. The Morgan fingerprint density at radius 1 is 1.00 bits per heavy atom. The molecule has 3 N–H and O–H groups in total. The molecule has 19 heavy (non-hydrogen) atoms. The summed E-state index contributed by atoms with van der Waals surface area (Å²) in [7, 11) is 1.00. The van der Waals surface area contributed by atoms with E-state index in [-0.39, 0.29) is 6.29 Å². The lowest BCUT2D eigenvalue weighted by atomic mass is 9.94. The summed E-state index contributed by atoms with van der Waals surface area (Å²) in [5.41, 5.74) is 5.85. The molecule has 1 aliphatic heterocycles. The molecular weight excluding hydrogens is 246 g/mol. The minimum Gasteiger partial charge on any atom is -0.400 e. The summed E-state index contributed by atoms with van der Waals surface area (Å²) in [5, 5.41) is 7.00. The van der Waals surface area contributed by atoms with Crippen LogP contribution in [-0.2, 0) is 14.2 Å². The van der Waals surface area contributed by atoms with E-state index in [4.69, 9.17) is 25.1 Å². The monoisotopic (exact) mass is 275 g/mol. The van der Waals surface area contributed by atoms with Gasteiger partial charge in [0.25, 0.3) is 0 Å². The lowest BCUT2D eigenvalue weighted by Crippen LogP contribution is -2.31. The third kappa shape index (κ3) is 7.22. The molecule has 5 heteroatoms. The molecule has 0 aromatic heterocycles. The lowest BCUT2D eigenvalue weighted by Gasteiger charge is -2.27. The van der Waals surface area contributed by atoms with E-state index in [1.807, 2.05) is 0 Å². The van der Waals surface area contributed by atoms with Crippen LogP contribution in [0.5, 0.6) is 0 Å². The highest BCUT2D eigenvalue weighted by Crippen LogP contribution is 2.20. The van der Waals surface area contributed by atoms with Crippen molar-refractivity contribution >= 4 is 0 Å². The van der Waals surface area contributed by atoms with Gasteiger partial charge in [-0.1, -0.05) is 0 Å². The van der Waals surface area contributed by atoms with Crippen LogP contribution in [0.25, 0.3) is 0 Å². The van der Waals surface area contributed by atoms with Gasteiger partial charge in [0.05, 0.1) is 19.3 Å². The van der Waals surface area contributed by atoms with Gasteiger partial charge in [0.15, 0.2) is 6.29 Å². The number of rotatable bonds is 5. The molecule has 1 unspecified atom stereocenters. The van der Waals surface area contributed by atoms with Crippen LogP contribution in [0.2, 0.25) is 0 Å². The van der Waals surface area contributed by atoms with Crippen LogP contribution >= 0.6 is 0 Å². The molecule has 0 amide bonds. The standard InChI is InChI=1S/C13H25NO3.CH4O/c14-11-4-6-12(7-5-11)15-9-10-17-13-3-1-2-8-16-13;1-2/h11-13H,1-10,14H2;2H,1H3. The predicted molar refractivity (Wildman–Crippen MR) is 73.9 cm³/mol. The molecule has 2 fully saturated rings. The zero-order chi connectivity index (χ0) is 13.9. The number of ether oxygens (including phenoxy) is 3. The second kappa shape index (κ2) is 10.6. The minimum absolute atomic E-state index is 0.00660. The molecular formula is C14H29NO4. The summed E-state index contributed by atoms with van der Waals surface area (Å²) in [6.45, 7) is 2.17. The summed E-state index contributed by atoms with van der Waals surface area (Å²) in [6.07, 6.45) is 8.19. The van der Waals surface area contributed by atoms with Gasteiger partial charge < -0.3 is 25.1 Å². The number of aliphatic hydroxyl groups is 1. The zero-order valence-corrected chi connectivity index (χ0v) is 12.1. The summed E-state index contributed by atoms with van der Waals surface area (Å²) < 4.78 is 16.9. The maximum atomic E-state index is 7.00. The van der Waals surface area contributed by atoms with Gasteiger partial charge in [-0.25, -0.2) is 0 Å². The largest absolute Gasteiger partial charge is 0.400 e. The Morgan fingerprint density at radius 2 is 1.68 bits per heavy atom. The summed E-state index contributed by atoms with van der Waals surface area (Å²) in [4.78, 5) is 0. The Bertz CT molecular complexity index is 202. The van der Waals surface area contributed by atoms with E-state index in [1.165, 1.54) is 12.8 Å². The average molecular weight is 275 g/mol. The van der Waals surface area contributed by atoms with Crippen molar-refractivity contribution in [2.45, 2.75) is 63.4 Å². The van der Waals surface area contributed by atoms with E-state index in [9.17, 15) is 0 Å². The predicted octanol–water partition coefficient (Wildman–Crippen LogP) is 1.42. The van der Waals surface area contributed by atoms with E-state index in [0.717, 1.165) is 45.8 Å². The number of hydrogen-bond acceptors (Lipinski definition) is 5. The Labute approximate surface area is 116 Å². The highest BCUT2D eigenvalue weighted by molar-refractivity contribution is 4.74. The van der Waals surface area contributed by atoms with Crippen molar-refractivity contribution in [1.29, 1.82) is 0 Å². The van der Waals surface area contributed by atoms with Crippen molar-refractivity contribution in [3.63, 3.8) is 0 Å². The molecule has 1 aliphatic carbocycles. The van der Waals surface area contributed by atoms with Crippen molar-refractivity contribution in [3.8, 4) is 0 Å². The Kier molecular flexibility index (Phi) is 9.38. The van der Waals surface area contributed by atoms with Gasteiger partial charge in [0.2, 0.25) is 0 Å². The topological polar surface area (TPSA) is 73.9 Å². The first kappa shape index (κ1) is 16.9. The molecule has 0 aromatic carbocycles. The lowest BCUT2D eigenvalue weighted by molar-refractivity contribution is -0.172. The number of hydrogen-bond donors (Lipinski definition) is 2. The van der Waals surface area contributed by atoms with Crippen molar-refractivity contribution in [1.82, 2.24) is 0 Å². The van der Waals surface area contributed by atoms with Crippen LogP contribution in [0.15, 0.2) is 0 Å². The first-order valence-electron chi connectivity index (χ1n) is 7.39. The third-order valence-electron chi connectivity index (χ3n) is 3.60. The smallest absolute Gasteiger partial charge is 0.157 e. The highest BCUT2D eigenvalue weighted by atomic mass is 16.7. The van der Waals surface area contributed by atoms with E-state index in [0.29, 0.717) is 25.4 Å². The minimum atomic E-state index is 0.00660. The Balaban J connectivity index is 0.000000861. The molecule has 1 atom stereocenters. The quantitative estimate of drug-likeness (QED) is 0.742. The van der Waals surface area contributed by atoms with Gasteiger partial charge >= 0.3 is 0 Å². The second-order valence-corrected chi connectivity index (χ2v) is 5.07. The number of aliphatic hydroxyl groups excluding tert-OH is 1. The molecule has 0 radical (unpaired) electrons. The summed E-state index contributed by atoms with van der Waals surface area (Å²) in [6, 6.07) is 0.390. The molecule has 2 rings (SSSR count). The molecule has 1 saturated carbocycles. The first-order chi connectivity index (χ1) is 9.34. The number of nitrogens with two attached hydrogens (primary N) is 1. The zero-order valence-electron chi connectivity index (χ0n) is 12.1. The molecule has 0 bridgehead atoms. The van der Waals surface area contributed by atoms with E-state index < -0.39 is 0 Å². The van der Waals surface area contributed by atoms with Crippen molar-refractivity contribution < 1.29 is 19.3 Å². The van der Waals surface area contributed by atoms with Crippen LogP contribution in [0.1, 0.15) is 44.9 Å². The van der Waals surface area contributed by atoms with Crippen LogP contribution in [-0.4, -0.2) is 50.5 Å². The maximum absolute atomic E-state index is 7.00. The van der Waals surface area contributed by atoms with E-state index >= 15 is 0 Å². The summed E-state index contributed by atoms with van der Waals surface area (Å²) in [5.74, 6) is 0. The van der Waals surface area contributed by atoms with Gasteiger partial charge in [0.1, 0.15) is 0 Å². The Hall–Kier alpha value is -0.200. The fourth-order valence-electron chi connectivity index (χ4n) is 2.49. The van der Waals surface area contributed by atoms with Gasteiger partial charge in [0, 0.05) is 19.8 Å². The molecule has 0 spiro atoms. The van der Waals surface area contributed by atoms with Gasteiger partial charge in [-0.05, 0) is 44.9 Å². The average Bonchev–Trinajstić information content (AvgIpc) is 2.49. The molecule has 1 heterocycles. The van der Waals surface area contributed by atoms with Crippen LogP contribution in [0, 0.1) is 0 Å². The third-order valence-corrected chi connectivity index (χ3v) is 3.60. The summed E-state index contributed by atoms with van der Waals surface area (Å²) >= 11 is 0. The fourth-order valence-corrected chi connectivity index (χ4v) is 2.49. The first-order valence-corrected chi connectivity index (χ1v) is 7.39. The van der Waals surface area contributed by atoms with Crippen molar-refractivity contribution in [2.75, 3.05) is 26.9 Å². The second-order valence-electron chi connectivity index (χ2n) is 5.07. The normalized spacial score (nSPS) is 31.4. The van der Waals surface area contributed by atoms with Gasteiger partial charge in [-0.3, -0.25) is 0 Å². The van der Waals surface area contributed by atoms with Crippen molar-refractivity contribution in [3.05, 3.63) is 0 Å². The van der Waals surface area contributed by atoms with E-state index in [2.05, 4.69) is 0 Å². The fraction of sp³-hybridized carbons (Fsp3) is 1.00. The SMILES string of the molecule is CO.NC1CCC(OCCOC2CCCCO2)CC1. The van der Waals surface area contributed by atoms with Crippen molar-refractivity contribution in [2.24, 2.45) is 5.73 Å².